The van der Waals surface area contributed by atoms with Crippen molar-refractivity contribution >= 4 is 0 Å². The van der Waals surface area contributed by atoms with E-state index in [9.17, 15) is 0 Å². The molecule has 8 heavy (non-hydrogen) atoms. The second kappa shape index (κ2) is 3.90. The van der Waals surface area contributed by atoms with Gasteiger partial charge >= 0.3 is 0 Å². The van der Waals surface area contributed by atoms with Gasteiger partial charge in [0, 0.05) is 7.11 Å². The first kappa shape index (κ1) is 7.96. The summed E-state index contributed by atoms with van der Waals surface area (Å²) in [7, 11) is 1.73. The monoisotopic (exact) mass is 115 g/mol. The summed E-state index contributed by atoms with van der Waals surface area (Å²) in [6.45, 7) is 7.98. The largest absolute Gasteiger partial charge is 0.381 e. The molecule has 0 aliphatic heterocycles. The molecule has 0 fully saturated rings. The first-order chi connectivity index (χ1) is 3.72. The number of ether oxygens (including phenoxy) is 1. The van der Waals surface area contributed by atoms with Gasteiger partial charge in [-0.15, -0.1) is 0 Å². The highest BCUT2D eigenvalue weighted by atomic mass is 16.5. The van der Waals surface area contributed by atoms with E-state index in [4.69, 9.17) is 4.74 Å². The maximum absolute atomic E-state index is 5.06. The summed E-state index contributed by atoms with van der Waals surface area (Å²) in [5, 5.41) is 0. The van der Waals surface area contributed by atoms with Crippen LogP contribution in [-0.2, 0) is 4.74 Å². The SMILES string of the molecule is [CH2]CC(C)C(C)OC. The van der Waals surface area contributed by atoms with Crippen LogP contribution in [0.3, 0.4) is 0 Å². The Bertz CT molecular complexity index is 44.3. The van der Waals surface area contributed by atoms with Crippen LogP contribution < -0.4 is 0 Å². The van der Waals surface area contributed by atoms with Gasteiger partial charge in [0.2, 0.25) is 0 Å². The predicted molar refractivity (Wildman–Crippen MR) is 35.6 cm³/mol. The maximum Gasteiger partial charge on any atom is 0.0568 e. The van der Waals surface area contributed by atoms with Crippen molar-refractivity contribution in [1.82, 2.24) is 0 Å². The van der Waals surface area contributed by atoms with Crippen LogP contribution >= 0.6 is 0 Å². The van der Waals surface area contributed by atoms with Gasteiger partial charge in [-0.1, -0.05) is 13.8 Å². The number of hydrogen-bond acceptors (Lipinski definition) is 1. The van der Waals surface area contributed by atoms with Gasteiger partial charge in [-0.25, -0.2) is 0 Å². The minimum atomic E-state index is 0.354. The van der Waals surface area contributed by atoms with Crippen LogP contribution in [0.4, 0.5) is 0 Å². The molecule has 0 amide bonds. The zero-order valence-corrected chi connectivity index (χ0v) is 5.98. The third-order valence-corrected chi connectivity index (χ3v) is 1.63. The number of rotatable bonds is 3. The van der Waals surface area contributed by atoms with Crippen LogP contribution in [-0.4, -0.2) is 13.2 Å². The predicted octanol–water partition coefficient (Wildman–Crippen LogP) is 1.88. The first-order valence-corrected chi connectivity index (χ1v) is 3.04. The van der Waals surface area contributed by atoms with Crippen molar-refractivity contribution in [2.75, 3.05) is 7.11 Å². The average molecular weight is 115 g/mol. The number of hydrogen-bond donors (Lipinski definition) is 0. The van der Waals surface area contributed by atoms with Gasteiger partial charge in [-0.2, -0.15) is 0 Å². The topological polar surface area (TPSA) is 9.23 Å². The standard InChI is InChI=1S/C7H15O/c1-5-6(2)7(3)8-4/h6-7H,1,5H2,2-4H3. The fraction of sp³-hybridized carbons (Fsp3) is 0.857. The second-order valence-corrected chi connectivity index (χ2v) is 2.21. The van der Waals surface area contributed by atoms with E-state index in [1.165, 1.54) is 0 Å². The van der Waals surface area contributed by atoms with Gasteiger partial charge in [-0.05, 0) is 19.3 Å². The first-order valence-electron chi connectivity index (χ1n) is 3.04. The fourth-order valence-electron chi connectivity index (χ4n) is 0.467. The maximum atomic E-state index is 5.06. The Balaban J connectivity index is 3.29. The lowest BCUT2D eigenvalue weighted by atomic mass is 10.0. The van der Waals surface area contributed by atoms with E-state index >= 15 is 0 Å². The van der Waals surface area contributed by atoms with Crippen molar-refractivity contribution in [3.8, 4) is 0 Å². The lowest BCUT2D eigenvalue weighted by molar-refractivity contribution is 0.0746. The molecular formula is C7H15O. The number of methoxy groups -OCH3 is 1. The van der Waals surface area contributed by atoms with E-state index in [1.807, 2.05) is 0 Å². The van der Waals surface area contributed by atoms with Crippen LogP contribution in [0.25, 0.3) is 0 Å². The van der Waals surface area contributed by atoms with E-state index < -0.39 is 0 Å². The van der Waals surface area contributed by atoms with E-state index in [1.54, 1.807) is 7.11 Å². The Hall–Kier alpha value is -0.0400. The van der Waals surface area contributed by atoms with Gasteiger partial charge < -0.3 is 4.74 Å². The van der Waals surface area contributed by atoms with Crippen LogP contribution in [0.5, 0.6) is 0 Å². The molecule has 0 N–H and O–H groups in total. The van der Waals surface area contributed by atoms with E-state index in [2.05, 4.69) is 20.8 Å². The van der Waals surface area contributed by atoms with Gasteiger partial charge in [0.25, 0.3) is 0 Å². The molecule has 49 valence electrons. The molecule has 0 bridgehead atoms. The van der Waals surface area contributed by atoms with Crippen LogP contribution in [0, 0.1) is 12.8 Å². The van der Waals surface area contributed by atoms with Crippen molar-refractivity contribution in [1.29, 1.82) is 0 Å². The lowest BCUT2D eigenvalue weighted by Crippen LogP contribution is -2.14. The molecule has 0 heterocycles. The summed E-state index contributed by atoms with van der Waals surface area (Å²) < 4.78 is 5.06. The van der Waals surface area contributed by atoms with E-state index in [0.717, 1.165) is 6.42 Å². The Morgan fingerprint density at radius 3 is 2.12 bits per heavy atom. The molecular weight excluding hydrogens is 100 g/mol. The minimum Gasteiger partial charge on any atom is -0.381 e. The third-order valence-electron chi connectivity index (χ3n) is 1.63. The summed E-state index contributed by atoms with van der Waals surface area (Å²) in [5.41, 5.74) is 0. The van der Waals surface area contributed by atoms with Gasteiger partial charge in [0.15, 0.2) is 0 Å². The summed E-state index contributed by atoms with van der Waals surface area (Å²) in [5.74, 6) is 0.583. The molecule has 0 saturated heterocycles. The zero-order chi connectivity index (χ0) is 6.57. The summed E-state index contributed by atoms with van der Waals surface area (Å²) in [6.07, 6.45) is 1.31. The van der Waals surface area contributed by atoms with Crippen molar-refractivity contribution in [2.24, 2.45) is 5.92 Å². The average Bonchev–Trinajstić information content (AvgIpc) is 1.84. The molecule has 1 nitrogen and oxygen atoms in total. The molecule has 0 aromatic rings. The molecule has 0 rings (SSSR count). The molecule has 2 unspecified atom stereocenters. The Morgan fingerprint density at radius 2 is 2.00 bits per heavy atom. The molecule has 1 radical (unpaired) electrons. The minimum absolute atomic E-state index is 0.354. The van der Waals surface area contributed by atoms with E-state index in [0.29, 0.717) is 12.0 Å². The Morgan fingerprint density at radius 1 is 1.50 bits per heavy atom. The van der Waals surface area contributed by atoms with Crippen molar-refractivity contribution in [2.45, 2.75) is 26.4 Å². The van der Waals surface area contributed by atoms with Crippen LogP contribution in [0.15, 0.2) is 0 Å². The lowest BCUT2D eigenvalue weighted by Gasteiger charge is -2.15. The molecule has 1 heteroatoms. The highest BCUT2D eigenvalue weighted by Gasteiger charge is 2.06. The Labute approximate surface area is 52.0 Å². The molecule has 0 aliphatic rings. The Kier molecular flexibility index (Phi) is 3.88. The second-order valence-electron chi connectivity index (χ2n) is 2.21. The summed E-state index contributed by atoms with van der Waals surface area (Å²) >= 11 is 0. The van der Waals surface area contributed by atoms with Gasteiger partial charge in [0.1, 0.15) is 0 Å². The molecule has 2 atom stereocenters. The molecule has 0 aromatic heterocycles. The van der Waals surface area contributed by atoms with Gasteiger partial charge in [0.05, 0.1) is 6.10 Å². The fourth-order valence-corrected chi connectivity index (χ4v) is 0.467. The van der Waals surface area contributed by atoms with Crippen molar-refractivity contribution in [3.05, 3.63) is 6.92 Å². The molecule has 0 saturated carbocycles. The molecule has 0 aromatic carbocycles. The summed E-state index contributed by atoms with van der Waals surface area (Å²) in [4.78, 5) is 0. The normalized spacial score (nSPS) is 18.0. The molecule has 0 spiro atoms. The highest BCUT2D eigenvalue weighted by molar-refractivity contribution is 4.60. The van der Waals surface area contributed by atoms with E-state index in [-0.39, 0.29) is 0 Å². The van der Waals surface area contributed by atoms with Crippen LogP contribution in [0.1, 0.15) is 20.3 Å². The quantitative estimate of drug-likeness (QED) is 0.545. The van der Waals surface area contributed by atoms with Gasteiger partial charge in [-0.3, -0.25) is 0 Å². The van der Waals surface area contributed by atoms with Crippen LogP contribution in [0.2, 0.25) is 0 Å². The highest BCUT2D eigenvalue weighted by Crippen LogP contribution is 2.08. The van der Waals surface area contributed by atoms with Crippen molar-refractivity contribution in [3.63, 3.8) is 0 Å². The van der Waals surface area contributed by atoms with Crippen molar-refractivity contribution < 1.29 is 4.74 Å². The molecule has 0 aliphatic carbocycles. The zero-order valence-electron chi connectivity index (χ0n) is 5.98. The smallest absolute Gasteiger partial charge is 0.0568 e. The third kappa shape index (κ3) is 2.31. The summed E-state index contributed by atoms with van der Waals surface area (Å²) in [6, 6.07) is 0.